The number of carboxylic acids is 2. The Morgan fingerprint density at radius 2 is 1.51 bits per heavy atom. The minimum Gasteiger partial charge on any atom is -0.481 e. The molecular weight excluding hydrogens is 768 g/mol. The van der Waals surface area contributed by atoms with Gasteiger partial charge in [-0.15, -0.1) is 0 Å². The zero-order valence-electron chi connectivity index (χ0n) is 24.2. The Morgan fingerprint density at radius 1 is 0.915 bits per heavy atom. The molecule has 0 bridgehead atoms. The molecule has 0 saturated heterocycles. The number of H-pyrrole nitrogens is 2. The van der Waals surface area contributed by atoms with E-state index in [1.165, 1.54) is 18.7 Å². The Balaban J connectivity index is 0.000000196. The Hall–Kier alpha value is -5.20. The number of carboxylic acid groups (broad SMARTS) is 2. The van der Waals surface area contributed by atoms with Crippen LogP contribution in [0.15, 0.2) is 70.1 Å². The number of nitrogen functional groups attached to an aromatic ring is 1. The lowest BCUT2D eigenvalue weighted by molar-refractivity contribution is -0.136. The van der Waals surface area contributed by atoms with Crippen molar-refractivity contribution in [3.8, 4) is 0 Å². The maximum Gasteiger partial charge on any atom is 0.309 e. The summed E-state index contributed by atoms with van der Waals surface area (Å²) >= 11 is 12.6. The van der Waals surface area contributed by atoms with Crippen LogP contribution in [0, 0.1) is 0 Å². The minimum atomic E-state index is -0.899. The van der Waals surface area contributed by atoms with Crippen LogP contribution in [0.3, 0.4) is 0 Å². The number of fused-ring (bicyclic) bond motifs is 2. The fourth-order valence-corrected chi connectivity index (χ4v) is 4.42. The van der Waals surface area contributed by atoms with Crippen molar-refractivity contribution in [1.29, 1.82) is 0 Å². The largest absolute Gasteiger partial charge is 0.481 e. The summed E-state index contributed by atoms with van der Waals surface area (Å²) in [5.41, 5.74) is 8.11. The molecule has 0 fully saturated rings. The molecule has 244 valence electrons. The number of nitrogens with one attached hydrogen (secondary N) is 3. The van der Waals surface area contributed by atoms with Crippen LogP contribution in [0.5, 0.6) is 0 Å². The van der Waals surface area contributed by atoms with E-state index in [1.807, 2.05) is 36.4 Å². The first-order valence-electron chi connectivity index (χ1n) is 13.0. The van der Waals surface area contributed by atoms with E-state index in [9.17, 15) is 9.59 Å². The molecule has 0 atom stereocenters. The smallest absolute Gasteiger partial charge is 0.309 e. The number of hydrogen-bond acceptors (Lipinski definition) is 12. The van der Waals surface area contributed by atoms with Gasteiger partial charge in [-0.1, -0.05) is 43.5 Å². The molecule has 4 heterocycles. The van der Waals surface area contributed by atoms with E-state index in [4.69, 9.17) is 32.3 Å². The predicted octanol–water partition coefficient (Wildman–Crippen LogP) is 5.29. The molecule has 47 heavy (non-hydrogen) atoms. The number of hydrogen-bond donors (Lipinski definition) is 6. The van der Waals surface area contributed by atoms with Crippen molar-refractivity contribution in [2.75, 3.05) is 11.1 Å². The Kier molecular flexibility index (Phi) is 13.9. The quantitative estimate of drug-likeness (QED) is 0.0889. The number of anilines is 3. The number of halogens is 3. The van der Waals surface area contributed by atoms with Gasteiger partial charge in [-0.2, -0.15) is 10.2 Å². The van der Waals surface area contributed by atoms with Gasteiger partial charge in [-0.05, 0) is 36.4 Å². The number of aliphatic carboxylic acids is 2. The standard InChI is InChI=1S/C13H10BrN5O2.C8H4BrClN2.C5H7N3O2.C2H4O2/c14-8-1-2-11-10(3-8)13(16-6-15-11)17-12-4-9(18-19-12)5-21-7-20;9-5-1-2-7-6(3-5)8(10)12-4-11-7;6-4-1-3(7-8-4)2-5(9)10;1-2(3)4/h1-4,6-7H,5H2,(H2,15,16,17,18,19);1-4H;1H,2H2,(H,9,10)(H3,6,7,8);1H3,(H,3,4). The number of nitrogens with zero attached hydrogens (tertiary/aromatic N) is 6. The number of carbonyl (C=O) groups is 3. The van der Waals surface area contributed by atoms with Crippen LogP contribution >= 0.6 is 43.5 Å². The maximum atomic E-state index is 10.2. The Morgan fingerprint density at radius 3 is 2.11 bits per heavy atom. The molecule has 0 spiro atoms. The lowest BCUT2D eigenvalue weighted by Gasteiger charge is -2.05. The average molecular weight is 793 g/mol. The van der Waals surface area contributed by atoms with Gasteiger partial charge in [0.15, 0.2) is 5.82 Å². The third-order valence-electron chi connectivity index (χ3n) is 5.32. The molecule has 0 radical (unpaired) electrons. The van der Waals surface area contributed by atoms with E-state index in [0.29, 0.717) is 40.5 Å². The lowest BCUT2D eigenvalue weighted by Crippen LogP contribution is -1.99. The van der Waals surface area contributed by atoms with Gasteiger partial charge in [0.05, 0.1) is 23.1 Å². The van der Waals surface area contributed by atoms with Crippen molar-refractivity contribution in [2.45, 2.75) is 20.0 Å². The molecule has 0 aliphatic carbocycles. The van der Waals surface area contributed by atoms with Crippen molar-refractivity contribution in [3.05, 3.63) is 86.7 Å². The molecule has 0 saturated carbocycles. The molecule has 6 rings (SSSR count). The van der Waals surface area contributed by atoms with E-state index < -0.39 is 11.9 Å². The van der Waals surface area contributed by atoms with Crippen LogP contribution < -0.4 is 11.1 Å². The van der Waals surface area contributed by atoms with Gasteiger partial charge >= 0.3 is 5.97 Å². The first-order chi connectivity index (χ1) is 22.4. The topological polar surface area (TPSA) is 248 Å². The molecular formula is C28H25Br2ClN10O6. The van der Waals surface area contributed by atoms with Gasteiger partial charge in [-0.25, -0.2) is 19.9 Å². The van der Waals surface area contributed by atoms with Crippen molar-refractivity contribution in [3.63, 3.8) is 0 Å². The second kappa shape index (κ2) is 18.1. The van der Waals surface area contributed by atoms with Gasteiger partial charge < -0.3 is 26.0 Å². The molecule has 0 aliphatic rings. The predicted molar refractivity (Wildman–Crippen MR) is 180 cm³/mol. The van der Waals surface area contributed by atoms with Crippen LogP contribution in [-0.4, -0.2) is 69.0 Å². The Labute approximate surface area is 287 Å². The summed E-state index contributed by atoms with van der Waals surface area (Å²) in [7, 11) is 0. The van der Waals surface area contributed by atoms with Gasteiger partial charge in [-0.3, -0.25) is 24.6 Å². The van der Waals surface area contributed by atoms with Crippen LogP contribution in [0.4, 0.5) is 17.5 Å². The second-order valence-electron chi connectivity index (χ2n) is 8.93. The summed E-state index contributed by atoms with van der Waals surface area (Å²) in [6.45, 7) is 1.62. The summed E-state index contributed by atoms with van der Waals surface area (Å²) in [4.78, 5) is 45.6. The first-order valence-corrected chi connectivity index (χ1v) is 14.9. The number of aromatic nitrogens is 8. The van der Waals surface area contributed by atoms with Crippen LogP contribution in [0.1, 0.15) is 18.3 Å². The number of nitrogens with two attached hydrogens (primary N) is 1. The highest BCUT2D eigenvalue weighted by molar-refractivity contribution is 9.10. The second-order valence-corrected chi connectivity index (χ2v) is 11.1. The van der Waals surface area contributed by atoms with Gasteiger partial charge in [0.1, 0.15) is 36.1 Å². The lowest BCUT2D eigenvalue weighted by atomic mass is 10.2. The van der Waals surface area contributed by atoms with E-state index in [1.54, 1.807) is 6.07 Å². The molecule has 19 heteroatoms. The third kappa shape index (κ3) is 12.3. The van der Waals surface area contributed by atoms with Gasteiger partial charge in [0.25, 0.3) is 12.4 Å². The maximum absolute atomic E-state index is 10.2. The van der Waals surface area contributed by atoms with Crippen LogP contribution in [0.25, 0.3) is 21.8 Å². The minimum absolute atomic E-state index is 0.0653. The number of ether oxygens (including phenoxy) is 1. The molecule has 0 amide bonds. The molecule has 0 unspecified atom stereocenters. The van der Waals surface area contributed by atoms with Crippen LogP contribution in [-0.2, 0) is 32.1 Å². The highest BCUT2D eigenvalue weighted by Gasteiger charge is 2.08. The van der Waals surface area contributed by atoms with Gasteiger partial charge in [0, 0.05) is 44.5 Å². The van der Waals surface area contributed by atoms with Crippen molar-refractivity contribution in [2.24, 2.45) is 0 Å². The van der Waals surface area contributed by atoms with Crippen molar-refractivity contribution >= 4 is 101 Å². The summed E-state index contributed by atoms with van der Waals surface area (Å²) in [5, 5.41) is 33.9. The van der Waals surface area contributed by atoms with Crippen molar-refractivity contribution in [1.82, 2.24) is 40.3 Å². The number of benzene rings is 2. The number of aromatic amines is 2. The fraction of sp³-hybridized carbons (Fsp3) is 0.107. The Bertz CT molecular complexity index is 1970. The third-order valence-corrected chi connectivity index (χ3v) is 6.61. The highest BCUT2D eigenvalue weighted by atomic mass is 79.9. The average Bonchev–Trinajstić information content (AvgIpc) is 3.65. The van der Waals surface area contributed by atoms with E-state index in [2.05, 4.69) is 82.2 Å². The summed E-state index contributed by atoms with van der Waals surface area (Å²) in [5.74, 6) is -0.185. The van der Waals surface area contributed by atoms with Crippen molar-refractivity contribution < 1.29 is 29.3 Å². The van der Waals surface area contributed by atoms with Crippen LogP contribution in [0.2, 0.25) is 5.15 Å². The summed E-state index contributed by atoms with van der Waals surface area (Å²) < 4.78 is 6.58. The fourth-order valence-electron chi connectivity index (χ4n) is 3.50. The zero-order chi connectivity index (χ0) is 34.3. The van der Waals surface area contributed by atoms with E-state index in [-0.39, 0.29) is 13.0 Å². The number of rotatable bonds is 7. The molecule has 7 N–H and O–H groups in total. The van der Waals surface area contributed by atoms with Gasteiger partial charge in [0.2, 0.25) is 0 Å². The summed E-state index contributed by atoms with van der Waals surface area (Å²) in [6, 6.07) is 14.7. The normalized spacial score (nSPS) is 9.96. The van der Waals surface area contributed by atoms with E-state index >= 15 is 0 Å². The molecule has 6 aromatic rings. The SMILES string of the molecule is CC(=O)O.Clc1ncnc2ccc(Br)cc12.Nc1cc(CC(=O)O)[nH]n1.O=COCc1cc(Nc2ncnc3ccc(Br)cc23)n[nH]1. The molecule has 2 aromatic carbocycles. The van der Waals surface area contributed by atoms with E-state index in [0.717, 1.165) is 37.7 Å². The highest BCUT2D eigenvalue weighted by Crippen LogP contribution is 2.25. The zero-order valence-corrected chi connectivity index (χ0v) is 28.1. The summed E-state index contributed by atoms with van der Waals surface area (Å²) in [6.07, 6.45) is 2.88. The monoisotopic (exact) mass is 790 g/mol. The first kappa shape index (κ1) is 36.3. The molecule has 0 aliphatic heterocycles. The number of carbonyl (C=O) groups excluding carboxylic acids is 1. The molecule has 4 aromatic heterocycles. The molecule has 16 nitrogen and oxygen atoms in total.